The van der Waals surface area contributed by atoms with Crippen LogP contribution in [0.15, 0.2) is 36.7 Å². The highest BCUT2D eigenvalue weighted by atomic mass is 35.5. The topological polar surface area (TPSA) is 49.7 Å². The molecule has 1 saturated heterocycles. The Morgan fingerprint density at radius 3 is 2.81 bits per heavy atom. The molecule has 1 aliphatic heterocycles. The number of nitrogens with one attached hydrogen (secondary N) is 1. The Morgan fingerprint density at radius 2 is 2.08 bits per heavy atom. The Kier molecular flexibility index (Phi) is 4.83. The largest absolute Gasteiger partial charge is 0.298 e. The first-order valence-electron chi connectivity index (χ1n) is 9.11. The maximum absolute atomic E-state index is 6.04. The lowest BCUT2D eigenvalue weighted by molar-refractivity contribution is 0.198. The second-order valence-electron chi connectivity index (χ2n) is 7.19. The maximum Gasteiger partial charge on any atom is 0.0638 e. The van der Waals surface area contributed by atoms with Gasteiger partial charge in [0.05, 0.1) is 11.9 Å². The third kappa shape index (κ3) is 3.55. The molecule has 1 N–H and O–H groups in total. The minimum Gasteiger partial charge on any atom is -0.298 e. The number of H-pyrrole nitrogens is 1. The number of piperidine rings is 1. The van der Waals surface area contributed by atoms with Crippen LogP contribution in [-0.2, 0) is 13.6 Å². The monoisotopic (exact) mass is 369 g/mol. The first-order chi connectivity index (χ1) is 12.6. The summed E-state index contributed by atoms with van der Waals surface area (Å²) in [5.41, 5.74) is 6.03. The van der Waals surface area contributed by atoms with Gasteiger partial charge in [-0.15, -0.1) is 0 Å². The Hall–Kier alpha value is -2.11. The zero-order chi connectivity index (χ0) is 18.1. The van der Waals surface area contributed by atoms with Gasteiger partial charge in [-0.2, -0.15) is 10.2 Å². The molecule has 136 valence electrons. The van der Waals surface area contributed by atoms with Gasteiger partial charge in [0.15, 0.2) is 0 Å². The molecule has 2 aromatic heterocycles. The van der Waals surface area contributed by atoms with Crippen LogP contribution in [0.4, 0.5) is 0 Å². The number of aromatic amines is 1. The number of aryl methyl sites for hydroxylation is 2. The van der Waals surface area contributed by atoms with E-state index in [1.165, 1.54) is 35.2 Å². The summed E-state index contributed by atoms with van der Waals surface area (Å²) in [6.07, 6.45) is 6.45. The molecule has 1 unspecified atom stereocenters. The fraction of sp³-hybridized carbons (Fsp3) is 0.400. The van der Waals surface area contributed by atoms with E-state index in [9.17, 15) is 0 Å². The molecule has 1 fully saturated rings. The van der Waals surface area contributed by atoms with Crippen LogP contribution in [0.2, 0.25) is 5.02 Å². The van der Waals surface area contributed by atoms with Crippen LogP contribution in [0, 0.1) is 6.92 Å². The highest BCUT2D eigenvalue weighted by molar-refractivity contribution is 6.30. The molecular formula is C20H24ClN5. The van der Waals surface area contributed by atoms with E-state index in [2.05, 4.69) is 45.4 Å². The normalized spacial score (nSPS) is 18.3. The van der Waals surface area contributed by atoms with Gasteiger partial charge in [0.25, 0.3) is 0 Å². The van der Waals surface area contributed by atoms with Crippen molar-refractivity contribution in [3.05, 3.63) is 58.6 Å². The number of likely N-dealkylation sites (tertiary alicyclic amines) is 1. The number of halogens is 1. The van der Waals surface area contributed by atoms with Crippen molar-refractivity contribution in [1.82, 2.24) is 24.9 Å². The van der Waals surface area contributed by atoms with E-state index >= 15 is 0 Å². The highest BCUT2D eigenvalue weighted by Gasteiger charge is 2.25. The molecule has 0 bridgehead atoms. The van der Waals surface area contributed by atoms with Crippen molar-refractivity contribution in [1.29, 1.82) is 0 Å². The van der Waals surface area contributed by atoms with E-state index in [1.54, 1.807) is 0 Å². The van der Waals surface area contributed by atoms with E-state index in [4.69, 9.17) is 11.6 Å². The molecule has 3 heterocycles. The lowest BCUT2D eigenvalue weighted by Crippen LogP contribution is -2.34. The number of benzene rings is 1. The fourth-order valence-electron chi connectivity index (χ4n) is 3.95. The summed E-state index contributed by atoms with van der Waals surface area (Å²) in [5, 5.41) is 12.8. The standard InChI is InChI=1S/C20H24ClN5/c1-14-17(11-25(2)24-14)13-26-9-3-4-16(12-26)20-19(10-22-23-20)15-5-7-18(21)8-6-15/h5-8,10-11,16H,3-4,9,12-13H2,1-2H3,(H,22,23). The van der Waals surface area contributed by atoms with Gasteiger partial charge in [-0.05, 0) is 44.0 Å². The third-order valence-electron chi connectivity index (χ3n) is 5.25. The smallest absolute Gasteiger partial charge is 0.0638 e. The molecule has 1 atom stereocenters. The fourth-order valence-corrected chi connectivity index (χ4v) is 4.07. The number of hydrogen-bond acceptors (Lipinski definition) is 3. The Labute approximate surface area is 159 Å². The molecule has 6 heteroatoms. The van der Waals surface area contributed by atoms with Crippen LogP contribution in [-0.4, -0.2) is 38.0 Å². The number of rotatable bonds is 4. The Bertz CT molecular complexity index is 880. The van der Waals surface area contributed by atoms with Crippen molar-refractivity contribution in [2.45, 2.75) is 32.2 Å². The minimum atomic E-state index is 0.467. The summed E-state index contributed by atoms with van der Waals surface area (Å²) in [7, 11) is 1.98. The van der Waals surface area contributed by atoms with Gasteiger partial charge in [-0.1, -0.05) is 23.7 Å². The van der Waals surface area contributed by atoms with Gasteiger partial charge < -0.3 is 0 Å². The van der Waals surface area contributed by atoms with Crippen molar-refractivity contribution < 1.29 is 0 Å². The lowest BCUT2D eigenvalue weighted by atomic mass is 9.90. The zero-order valence-corrected chi connectivity index (χ0v) is 16.0. The summed E-state index contributed by atoms with van der Waals surface area (Å²) in [4.78, 5) is 2.53. The summed E-state index contributed by atoms with van der Waals surface area (Å²) in [6, 6.07) is 8.00. The van der Waals surface area contributed by atoms with Gasteiger partial charge in [0, 0.05) is 54.1 Å². The number of aromatic nitrogens is 4. The van der Waals surface area contributed by atoms with Gasteiger partial charge in [0.1, 0.15) is 0 Å². The van der Waals surface area contributed by atoms with E-state index in [0.717, 1.165) is 30.4 Å². The number of nitrogens with zero attached hydrogens (tertiary/aromatic N) is 4. The number of hydrogen-bond donors (Lipinski definition) is 1. The molecule has 0 saturated carbocycles. The molecule has 3 aromatic rings. The first kappa shape index (κ1) is 17.3. The van der Waals surface area contributed by atoms with Crippen LogP contribution in [0.25, 0.3) is 11.1 Å². The van der Waals surface area contributed by atoms with Crippen molar-refractivity contribution in [3.63, 3.8) is 0 Å². The van der Waals surface area contributed by atoms with Crippen molar-refractivity contribution in [3.8, 4) is 11.1 Å². The van der Waals surface area contributed by atoms with Crippen molar-refractivity contribution >= 4 is 11.6 Å². The molecule has 1 aliphatic rings. The molecule has 4 rings (SSSR count). The highest BCUT2D eigenvalue weighted by Crippen LogP contribution is 2.33. The van der Waals surface area contributed by atoms with E-state index in [-0.39, 0.29) is 0 Å². The first-order valence-corrected chi connectivity index (χ1v) is 9.48. The van der Waals surface area contributed by atoms with Crippen molar-refractivity contribution in [2.24, 2.45) is 7.05 Å². The quantitative estimate of drug-likeness (QED) is 0.751. The molecule has 0 amide bonds. The predicted molar refractivity (Wildman–Crippen MR) is 104 cm³/mol. The summed E-state index contributed by atoms with van der Waals surface area (Å²) >= 11 is 6.04. The Morgan fingerprint density at radius 1 is 1.27 bits per heavy atom. The van der Waals surface area contributed by atoms with Crippen LogP contribution in [0.1, 0.15) is 35.7 Å². The van der Waals surface area contributed by atoms with Gasteiger partial charge >= 0.3 is 0 Å². The average molecular weight is 370 g/mol. The van der Waals surface area contributed by atoms with Crippen LogP contribution in [0.3, 0.4) is 0 Å². The molecule has 0 spiro atoms. The predicted octanol–water partition coefficient (Wildman–Crippen LogP) is 4.15. The molecule has 1 aromatic carbocycles. The molecule has 0 radical (unpaired) electrons. The van der Waals surface area contributed by atoms with E-state index in [1.807, 2.05) is 30.1 Å². The molecule has 0 aliphatic carbocycles. The van der Waals surface area contributed by atoms with Gasteiger partial charge in [-0.25, -0.2) is 0 Å². The average Bonchev–Trinajstić information content (AvgIpc) is 3.23. The zero-order valence-electron chi connectivity index (χ0n) is 15.2. The summed E-state index contributed by atoms with van der Waals surface area (Å²) in [5.74, 6) is 0.467. The minimum absolute atomic E-state index is 0.467. The summed E-state index contributed by atoms with van der Waals surface area (Å²) in [6.45, 7) is 5.22. The third-order valence-corrected chi connectivity index (χ3v) is 5.50. The maximum atomic E-state index is 6.04. The SMILES string of the molecule is Cc1nn(C)cc1CN1CCCC(c2[nH]ncc2-c2ccc(Cl)cc2)C1. The van der Waals surface area contributed by atoms with Gasteiger partial charge in [0.2, 0.25) is 0 Å². The van der Waals surface area contributed by atoms with Crippen LogP contribution >= 0.6 is 11.6 Å². The molecule has 5 nitrogen and oxygen atoms in total. The second kappa shape index (κ2) is 7.25. The Balaban J connectivity index is 1.52. The molecule has 26 heavy (non-hydrogen) atoms. The van der Waals surface area contributed by atoms with E-state index < -0.39 is 0 Å². The van der Waals surface area contributed by atoms with Gasteiger partial charge in [-0.3, -0.25) is 14.7 Å². The van der Waals surface area contributed by atoms with E-state index in [0.29, 0.717) is 5.92 Å². The van der Waals surface area contributed by atoms with Crippen LogP contribution < -0.4 is 0 Å². The lowest BCUT2D eigenvalue weighted by Gasteiger charge is -2.32. The van der Waals surface area contributed by atoms with Crippen molar-refractivity contribution in [2.75, 3.05) is 13.1 Å². The molecular weight excluding hydrogens is 346 g/mol. The second-order valence-corrected chi connectivity index (χ2v) is 7.63. The summed E-state index contributed by atoms with van der Waals surface area (Å²) < 4.78 is 1.90. The van der Waals surface area contributed by atoms with Crippen LogP contribution in [0.5, 0.6) is 0 Å².